The summed E-state index contributed by atoms with van der Waals surface area (Å²) in [6.45, 7) is 0.792. The number of alkyl halides is 3. The highest BCUT2D eigenvalue weighted by Crippen LogP contribution is 2.12. The number of halogens is 3. The molecule has 0 aromatic rings. The first-order chi connectivity index (χ1) is 8.30. The van der Waals surface area contributed by atoms with Crippen LogP contribution in [0.3, 0.4) is 0 Å². The molecule has 0 rings (SSSR count). The fourth-order valence-electron chi connectivity index (χ4n) is 1.14. The van der Waals surface area contributed by atoms with Gasteiger partial charge in [0.2, 0.25) is 5.91 Å². The van der Waals surface area contributed by atoms with Crippen LogP contribution in [-0.2, 0) is 14.3 Å². The maximum absolute atomic E-state index is 11.9. The lowest BCUT2D eigenvalue weighted by atomic mass is 10.3. The molecule has 108 valence electrons. The molecule has 2 unspecified atom stereocenters. The molecule has 0 aliphatic carbocycles. The van der Waals surface area contributed by atoms with E-state index in [4.69, 9.17) is 9.47 Å². The highest BCUT2D eigenvalue weighted by Gasteiger charge is 2.28. The topological polar surface area (TPSA) is 59.6 Å². The van der Waals surface area contributed by atoms with E-state index in [1.807, 2.05) is 0 Å². The van der Waals surface area contributed by atoms with Crippen LogP contribution in [0.5, 0.6) is 0 Å². The van der Waals surface area contributed by atoms with E-state index in [1.54, 1.807) is 5.32 Å². The summed E-state index contributed by atoms with van der Waals surface area (Å²) in [6, 6.07) is -0.734. The molecule has 0 fully saturated rings. The molecule has 1 amide bonds. The summed E-state index contributed by atoms with van der Waals surface area (Å²) in [5.41, 5.74) is 0. The van der Waals surface area contributed by atoms with Gasteiger partial charge in [-0.2, -0.15) is 13.2 Å². The number of hydrogen-bond donors (Lipinski definition) is 2. The van der Waals surface area contributed by atoms with Crippen molar-refractivity contribution in [3.63, 3.8) is 0 Å². The van der Waals surface area contributed by atoms with Crippen LogP contribution in [0.2, 0.25) is 0 Å². The molecule has 0 bridgehead atoms. The number of nitrogens with one attached hydrogen (secondary N) is 2. The van der Waals surface area contributed by atoms with Gasteiger partial charge in [0.25, 0.3) is 0 Å². The van der Waals surface area contributed by atoms with Gasteiger partial charge in [-0.1, -0.05) is 0 Å². The molecule has 0 aromatic heterocycles. The smallest absolute Gasteiger partial charge is 0.382 e. The molecule has 0 spiro atoms. The minimum atomic E-state index is -4.40. The maximum atomic E-state index is 11.9. The summed E-state index contributed by atoms with van der Waals surface area (Å²) >= 11 is 0. The molecule has 2 atom stereocenters. The SMILES string of the molecule is COCC(CNC(C)C(=O)NCC(F)(F)F)OC. The van der Waals surface area contributed by atoms with Gasteiger partial charge < -0.3 is 20.1 Å². The first-order valence-electron chi connectivity index (χ1n) is 5.39. The zero-order valence-electron chi connectivity index (χ0n) is 10.6. The van der Waals surface area contributed by atoms with Gasteiger partial charge in [0.15, 0.2) is 0 Å². The van der Waals surface area contributed by atoms with Crippen molar-refractivity contribution < 1.29 is 27.4 Å². The van der Waals surface area contributed by atoms with Crippen LogP contribution < -0.4 is 10.6 Å². The number of amides is 1. The molecule has 18 heavy (non-hydrogen) atoms. The fraction of sp³-hybridized carbons (Fsp3) is 0.900. The predicted molar refractivity (Wildman–Crippen MR) is 59.2 cm³/mol. The Morgan fingerprint density at radius 2 is 1.94 bits per heavy atom. The fourth-order valence-corrected chi connectivity index (χ4v) is 1.14. The second-order valence-electron chi connectivity index (χ2n) is 3.78. The molecule has 0 heterocycles. The van der Waals surface area contributed by atoms with Gasteiger partial charge in [0, 0.05) is 20.8 Å². The van der Waals surface area contributed by atoms with Crippen LogP contribution >= 0.6 is 0 Å². The van der Waals surface area contributed by atoms with Crippen LogP contribution in [0.1, 0.15) is 6.92 Å². The first kappa shape index (κ1) is 17.1. The third-order valence-electron chi connectivity index (χ3n) is 2.19. The summed E-state index contributed by atoms with van der Waals surface area (Å²) in [6.07, 6.45) is -4.66. The summed E-state index contributed by atoms with van der Waals surface area (Å²) < 4.78 is 45.5. The van der Waals surface area contributed by atoms with Crippen LogP contribution in [-0.4, -0.2) is 58.1 Å². The van der Waals surface area contributed by atoms with E-state index in [-0.39, 0.29) is 6.10 Å². The average Bonchev–Trinajstić information content (AvgIpc) is 2.29. The number of carbonyl (C=O) groups excluding carboxylic acids is 1. The second kappa shape index (κ2) is 8.28. The van der Waals surface area contributed by atoms with Gasteiger partial charge >= 0.3 is 6.18 Å². The number of ether oxygens (including phenoxy) is 2. The van der Waals surface area contributed by atoms with Gasteiger partial charge in [0.05, 0.1) is 18.8 Å². The van der Waals surface area contributed by atoms with Gasteiger partial charge in [0.1, 0.15) is 6.54 Å². The molecule has 0 radical (unpaired) electrons. The third-order valence-corrected chi connectivity index (χ3v) is 2.19. The van der Waals surface area contributed by atoms with E-state index in [0.717, 1.165) is 0 Å². The van der Waals surface area contributed by atoms with E-state index in [1.165, 1.54) is 21.1 Å². The normalized spacial score (nSPS) is 15.2. The largest absolute Gasteiger partial charge is 0.405 e. The third kappa shape index (κ3) is 8.26. The molecule has 0 aliphatic rings. The molecule has 5 nitrogen and oxygen atoms in total. The molecular formula is C10H19F3N2O3. The minimum absolute atomic E-state index is 0.257. The predicted octanol–water partition coefficient (Wildman–Crippen LogP) is 0.304. The zero-order valence-corrected chi connectivity index (χ0v) is 10.6. The molecule has 0 aromatic carbocycles. The van der Waals surface area contributed by atoms with Gasteiger partial charge in [-0.05, 0) is 6.92 Å². The Kier molecular flexibility index (Phi) is 7.88. The van der Waals surface area contributed by atoms with Gasteiger partial charge in [-0.25, -0.2) is 0 Å². The monoisotopic (exact) mass is 272 g/mol. The Hall–Kier alpha value is -0.860. The number of hydrogen-bond acceptors (Lipinski definition) is 4. The highest BCUT2D eigenvalue weighted by atomic mass is 19.4. The van der Waals surface area contributed by atoms with Crippen molar-refractivity contribution in [1.82, 2.24) is 10.6 Å². The number of rotatable bonds is 8. The summed E-state index contributed by atoms with van der Waals surface area (Å²) in [5.74, 6) is -0.709. The van der Waals surface area contributed by atoms with Gasteiger partial charge in [-0.3, -0.25) is 4.79 Å². The Labute approximate surface area is 104 Å². The quantitative estimate of drug-likeness (QED) is 0.667. The number of methoxy groups -OCH3 is 2. The number of carbonyl (C=O) groups is 1. The highest BCUT2D eigenvalue weighted by molar-refractivity contribution is 5.81. The molecule has 2 N–H and O–H groups in total. The van der Waals surface area contributed by atoms with Crippen molar-refractivity contribution >= 4 is 5.91 Å². The van der Waals surface area contributed by atoms with Crippen LogP contribution in [0.15, 0.2) is 0 Å². The van der Waals surface area contributed by atoms with Crippen molar-refractivity contribution in [2.75, 3.05) is 33.9 Å². The first-order valence-corrected chi connectivity index (χ1v) is 5.39. The Balaban J connectivity index is 3.93. The van der Waals surface area contributed by atoms with Crippen molar-refractivity contribution in [2.24, 2.45) is 0 Å². The van der Waals surface area contributed by atoms with Crippen molar-refractivity contribution in [1.29, 1.82) is 0 Å². The maximum Gasteiger partial charge on any atom is 0.405 e. The standard InChI is InChI=1S/C10H19F3N2O3/c1-7(9(16)15-6-10(11,12)13)14-4-8(18-3)5-17-2/h7-8,14H,4-6H2,1-3H3,(H,15,16). The van der Waals surface area contributed by atoms with Crippen molar-refractivity contribution in [3.8, 4) is 0 Å². The van der Waals surface area contributed by atoms with E-state index in [2.05, 4.69) is 5.32 Å². The molecule has 0 aliphatic heterocycles. The summed E-state index contributed by atoms with van der Waals surface area (Å²) in [7, 11) is 2.99. The van der Waals surface area contributed by atoms with Crippen LogP contribution in [0, 0.1) is 0 Å². The Morgan fingerprint density at radius 3 is 2.39 bits per heavy atom. The Bertz CT molecular complexity index is 249. The molecule has 8 heteroatoms. The van der Waals surface area contributed by atoms with Crippen LogP contribution in [0.4, 0.5) is 13.2 Å². The van der Waals surface area contributed by atoms with Crippen molar-refractivity contribution in [2.45, 2.75) is 25.2 Å². The zero-order chi connectivity index (χ0) is 14.2. The lowest BCUT2D eigenvalue weighted by Crippen LogP contribution is -2.47. The van der Waals surface area contributed by atoms with E-state index < -0.39 is 24.7 Å². The van der Waals surface area contributed by atoms with Gasteiger partial charge in [-0.15, -0.1) is 0 Å². The average molecular weight is 272 g/mol. The van der Waals surface area contributed by atoms with E-state index in [9.17, 15) is 18.0 Å². The lowest BCUT2D eigenvalue weighted by Gasteiger charge is -2.19. The molecular weight excluding hydrogens is 253 g/mol. The minimum Gasteiger partial charge on any atom is -0.382 e. The van der Waals surface area contributed by atoms with E-state index >= 15 is 0 Å². The van der Waals surface area contributed by atoms with Crippen LogP contribution in [0.25, 0.3) is 0 Å². The summed E-state index contributed by atoms with van der Waals surface area (Å²) in [5, 5.41) is 4.57. The Morgan fingerprint density at radius 1 is 1.33 bits per heavy atom. The van der Waals surface area contributed by atoms with Crippen molar-refractivity contribution in [3.05, 3.63) is 0 Å². The molecule has 0 saturated heterocycles. The summed E-state index contributed by atoms with van der Waals surface area (Å²) in [4.78, 5) is 11.3. The molecule has 0 saturated carbocycles. The second-order valence-corrected chi connectivity index (χ2v) is 3.78. The van der Waals surface area contributed by atoms with E-state index in [0.29, 0.717) is 13.2 Å². The lowest BCUT2D eigenvalue weighted by molar-refractivity contribution is -0.139.